The van der Waals surface area contributed by atoms with Crippen LogP contribution in [0.2, 0.25) is 0 Å². The third kappa shape index (κ3) is 6.01. The fourth-order valence-corrected chi connectivity index (χ4v) is 5.35. The third-order valence-corrected chi connectivity index (χ3v) is 7.48. The lowest BCUT2D eigenvalue weighted by Crippen LogP contribution is -2.52. The second-order valence-corrected chi connectivity index (χ2v) is 9.75. The van der Waals surface area contributed by atoms with Crippen molar-refractivity contribution in [1.29, 1.82) is 0 Å². The summed E-state index contributed by atoms with van der Waals surface area (Å²) in [5.41, 5.74) is 0.697. The predicted molar refractivity (Wildman–Crippen MR) is 111 cm³/mol. The molecule has 0 radical (unpaired) electrons. The number of hydrogen-bond donors (Lipinski definition) is 3. The Bertz CT molecular complexity index is 809. The standard InChI is InChI=1S/C21H32N2O6S/c1-15-4-2-3-5-20(15)30(26,27)22-11-8-17-6-7-18(19(14-24)29-17)23-21(25)16-9-12-28-13-10-16/h2-5,16-19,22,24H,6-14H2,1H3,(H,23,25)/t17-,18-,19-/m1/s1. The lowest BCUT2D eigenvalue weighted by molar-refractivity contribution is -0.134. The van der Waals surface area contributed by atoms with Gasteiger partial charge in [-0.2, -0.15) is 0 Å². The summed E-state index contributed by atoms with van der Waals surface area (Å²) < 4.78 is 38.9. The lowest BCUT2D eigenvalue weighted by atomic mass is 9.94. The summed E-state index contributed by atoms with van der Waals surface area (Å²) in [7, 11) is -3.57. The van der Waals surface area contributed by atoms with E-state index in [2.05, 4.69) is 10.0 Å². The number of hydrogen-bond acceptors (Lipinski definition) is 6. The summed E-state index contributed by atoms with van der Waals surface area (Å²) in [6.07, 6.45) is 2.66. The maximum atomic E-state index is 12.5. The molecule has 3 N–H and O–H groups in total. The number of aliphatic hydroxyl groups is 1. The average Bonchev–Trinajstić information content (AvgIpc) is 2.75. The summed E-state index contributed by atoms with van der Waals surface area (Å²) in [5.74, 6) is -0.0542. The molecule has 2 aliphatic heterocycles. The van der Waals surface area contributed by atoms with Crippen molar-refractivity contribution in [1.82, 2.24) is 10.0 Å². The van der Waals surface area contributed by atoms with Crippen LogP contribution in [0.3, 0.4) is 0 Å². The zero-order valence-electron chi connectivity index (χ0n) is 17.4. The average molecular weight is 441 g/mol. The molecule has 0 aliphatic carbocycles. The van der Waals surface area contributed by atoms with E-state index in [1.54, 1.807) is 31.2 Å². The minimum Gasteiger partial charge on any atom is -0.394 e. The molecule has 1 aromatic carbocycles. The van der Waals surface area contributed by atoms with Crippen LogP contribution in [0.5, 0.6) is 0 Å². The zero-order chi connectivity index (χ0) is 21.6. The van der Waals surface area contributed by atoms with Crippen LogP contribution in [0.25, 0.3) is 0 Å². The van der Waals surface area contributed by atoms with Crippen molar-refractivity contribution in [3.63, 3.8) is 0 Å². The number of nitrogens with one attached hydrogen (secondary N) is 2. The highest BCUT2D eigenvalue weighted by atomic mass is 32.2. The molecule has 1 amide bonds. The third-order valence-electron chi connectivity index (χ3n) is 5.86. The molecule has 2 saturated heterocycles. The van der Waals surface area contributed by atoms with E-state index in [1.165, 1.54) is 0 Å². The molecule has 3 atom stereocenters. The van der Waals surface area contributed by atoms with Crippen molar-refractivity contribution in [2.45, 2.75) is 62.2 Å². The molecule has 2 aliphatic rings. The number of aryl methyl sites for hydroxylation is 1. The molecular weight excluding hydrogens is 408 g/mol. The van der Waals surface area contributed by atoms with Gasteiger partial charge >= 0.3 is 0 Å². The number of aliphatic hydroxyl groups excluding tert-OH is 1. The minimum atomic E-state index is -3.57. The molecule has 0 bridgehead atoms. The quantitative estimate of drug-likeness (QED) is 0.558. The van der Waals surface area contributed by atoms with E-state index in [4.69, 9.17) is 9.47 Å². The fourth-order valence-electron chi connectivity index (χ4n) is 4.06. The van der Waals surface area contributed by atoms with E-state index in [1.807, 2.05) is 0 Å². The Morgan fingerprint density at radius 2 is 1.90 bits per heavy atom. The summed E-state index contributed by atoms with van der Waals surface area (Å²) in [4.78, 5) is 12.7. The van der Waals surface area contributed by atoms with Gasteiger partial charge in [0.05, 0.1) is 23.6 Å². The lowest BCUT2D eigenvalue weighted by Gasteiger charge is -2.37. The molecule has 8 nitrogen and oxygen atoms in total. The number of sulfonamides is 1. The highest BCUT2D eigenvalue weighted by molar-refractivity contribution is 7.89. The van der Waals surface area contributed by atoms with Gasteiger partial charge in [-0.15, -0.1) is 0 Å². The molecule has 30 heavy (non-hydrogen) atoms. The molecule has 0 aromatic heterocycles. The first-order chi connectivity index (χ1) is 14.4. The molecule has 0 spiro atoms. The second kappa shape index (κ2) is 10.7. The first-order valence-electron chi connectivity index (χ1n) is 10.6. The maximum Gasteiger partial charge on any atom is 0.240 e. The number of ether oxygens (including phenoxy) is 2. The van der Waals surface area contributed by atoms with E-state index in [0.717, 1.165) is 0 Å². The van der Waals surface area contributed by atoms with Gasteiger partial charge in [-0.25, -0.2) is 13.1 Å². The molecule has 3 rings (SSSR count). The van der Waals surface area contributed by atoms with Crippen LogP contribution in [0.1, 0.15) is 37.7 Å². The van der Waals surface area contributed by atoms with Crippen molar-refractivity contribution in [3.8, 4) is 0 Å². The van der Waals surface area contributed by atoms with E-state index in [-0.39, 0.29) is 42.0 Å². The Kier molecular flexibility index (Phi) is 8.24. The van der Waals surface area contributed by atoms with Gasteiger partial charge in [0.1, 0.15) is 6.10 Å². The van der Waals surface area contributed by atoms with Gasteiger partial charge in [-0.05, 0) is 50.7 Å². The Labute approximate surface area is 178 Å². The van der Waals surface area contributed by atoms with E-state index >= 15 is 0 Å². The SMILES string of the molecule is Cc1ccccc1S(=O)(=O)NCC[C@H]1CC[C@@H](NC(=O)C2CCOCC2)[C@@H](CO)O1. The van der Waals surface area contributed by atoms with Crippen LogP contribution >= 0.6 is 0 Å². The Balaban J connectivity index is 1.47. The van der Waals surface area contributed by atoms with Crippen molar-refractivity contribution in [3.05, 3.63) is 29.8 Å². The monoisotopic (exact) mass is 440 g/mol. The maximum absolute atomic E-state index is 12.5. The minimum absolute atomic E-state index is 0.00482. The van der Waals surface area contributed by atoms with E-state index < -0.39 is 16.1 Å². The van der Waals surface area contributed by atoms with Gasteiger partial charge < -0.3 is 19.9 Å². The number of carbonyl (C=O) groups is 1. The smallest absolute Gasteiger partial charge is 0.240 e. The topological polar surface area (TPSA) is 114 Å². The Morgan fingerprint density at radius 1 is 1.17 bits per heavy atom. The first kappa shape index (κ1) is 23.1. The second-order valence-electron chi connectivity index (χ2n) is 8.01. The molecule has 168 valence electrons. The summed E-state index contributed by atoms with van der Waals surface area (Å²) >= 11 is 0. The summed E-state index contributed by atoms with van der Waals surface area (Å²) in [6.45, 7) is 3.02. The summed E-state index contributed by atoms with van der Waals surface area (Å²) in [5, 5.41) is 12.8. The van der Waals surface area contributed by atoms with Crippen molar-refractivity contribution in [2.75, 3.05) is 26.4 Å². The molecule has 0 saturated carbocycles. The highest BCUT2D eigenvalue weighted by Crippen LogP contribution is 2.23. The normalized spacial score (nSPS) is 25.7. The molecule has 1 aromatic rings. The molecule has 9 heteroatoms. The van der Waals surface area contributed by atoms with Crippen LogP contribution < -0.4 is 10.0 Å². The molecule has 2 fully saturated rings. The Morgan fingerprint density at radius 3 is 2.60 bits per heavy atom. The van der Waals surface area contributed by atoms with Gasteiger partial charge in [0.25, 0.3) is 0 Å². The van der Waals surface area contributed by atoms with Crippen LogP contribution in [-0.4, -0.2) is 64.0 Å². The van der Waals surface area contributed by atoms with E-state index in [0.29, 0.717) is 50.9 Å². The Hall–Kier alpha value is -1.52. The highest BCUT2D eigenvalue weighted by Gasteiger charge is 2.33. The van der Waals surface area contributed by atoms with Crippen LogP contribution in [0.15, 0.2) is 29.2 Å². The van der Waals surface area contributed by atoms with Crippen LogP contribution in [0, 0.1) is 12.8 Å². The van der Waals surface area contributed by atoms with Crippen LogP contribution in [0.4, 0.5) is 0 Å². The van der Waals surface area contributed by atoms with Crippen molar-refractivity contribution < 1.29 is 27.8 Å². The number of carbonyl (C=O) groups excluding carboxylic acids is 1. The molecule has 0 unspecified atom stereocenters. The number of rotatable bonds is 8. The van der Waals surface area contributed by atoms with Gasteiger partial charge in [-0.1, -0.05) is 18.2 Å². The van der Waals surface area contributed by atoms with E-state index in [9.17, 15) is 18.3 Å². The van der Waals surface area contributed by atoms with Gasteiger partial charge in [0, 0.05) is 25.7 Å². The zero-order valence-corrected chi connectivity index (χ0v) is 18.2. The molecular formula is C21H32N2O6S. The fraction of sp³-hybridized carbons (Fsp3) is 0.667. The predicted octanol–water partition coefficient (Wildman–Crippen LogP) is 1.11. The number of benzene rings is 1. The van der Waals surface area contributed by atoms with Gasteiger partial charge in [0.15, 0.2) is 0 Å². The molecule has 2 heterocycles. The van der Waals surface area contributed by atoms with Crippen LogP contribution in [-0.2, 0) is 24.3 Å². The van der Waals surface area contributed by atoms with Gasteiger partial charge in [0.2, 0.25) is 15.9 Å². The number of amides is 1. The summed E-state index contributed by atoms with van der Waals surface area (Å²) in [6, 6.07) is 6.62. The van der Waals surface area contributed by atoms with Crippen molar-refractivity contribution in [2.24, 2.45) is 5.92 Å². The largest absolute Gasteiger partial charge is 0.394 e. The van der Waals surface area contributed by atoms with Crippen molar-refractivity contribution >= 4 is 15.9 Å². The van der Waals surface area contributed by atoms with Gasteiger partial charge in [-0.3, -0.25) is 4.79 Å². The first-order valence-corrected chi connectivity index (χ1v) is 12.1.